The van der Waals surface area contributed by atoms with Crippen LogP contribution in [0.1, 0.15) is 43.2 Å². The molecule has 0 saturated carbocycles. The molecule has 0 saturated heterocycles. The summed E-state index contributed by atoms with van der Waals surface area (Å²) in [4.78, 5) is 0. The van der Waals surface area contributed by atoms with Crippen LogP contribution in [-0.4, -0.2) is 6.10 Å². The smallest absolute Gasteiger partial charge is 0.120 e. The van der Waals surface area contributed by atoms with E-state index in [1.165, 1.54) is 17.5 Å². The minimum atomic E-state index is 0.171. The average molecular weight is 225 g/mol. The van der Waals surface area contributed by atoms with E-state index < -0.39 is 0 Å². The Kier molecular flexibility index (Phi) is 3.20. The van der Waals surface area contributed by atoms with E-state index in [4.69, 9.17) is 16.3 Å². The van der Waals surface area contributed by atoms with Crippen LogP contribution >= 0.6 is 11.6 Å². The first-order valence-electron chi connectivity index (χ1n) is 5.60. The monoisotopic (exact) mass is 224 g/mol. The molecule has 82 valence electrons. The minimum absolute atomic E-state index is 0.171. The summed E-state index contributed by atoms with van der Waals surface area (Å²) in [5.74, 6) is 0.941. The molecule has 0 aromatic heterocycles. The first kappa shape index (κ1) is 10.8. The Hall–Kier alpha value is -0.690. The molecule has 0 aliphatic heterocycles. The van der Waals surface area contributed by atoms with Gasteiger partial charge in [0.2, 0.25) is 0 Å². The van der Waals surface area contributed by atoms with Crippen molar-refractivity contribution in [2.45, 2.75) is 44.6 Å². The number of alkyl halides is 1. The van der Waals surface area contributed by atoms with Gasteiger partial charge < -0.3 is 4.74 Å². The molecule has 1 nitrogen and oxygen atoms in total. The number of rotatable bonds is 2. The highest BCUT2D eigenvalue weighted by Gasteiger charge is 2.18. The lowest BCUT2D eigenvalue weighted by molar-refractivity contribution is 0.242. The Morgan fingerprint density at radius 3 is 2.93 bits per heavy atom. The summed E-state index contributed by atoms with van der Waals surface area (Å²) in [6.45, 7) is 4.08. The molecule has 0 spiro atoms. The topological polar surface area (TPSA) is 9.23 Å². The van der Waals surface area contributed by atoms with Crippen molar-refractivity contribution in [3.8, 4) is 5.75 Å². The van der Waals surface area contributed by atoms with Crippen LogP contribution in [0.25, 0.3) is 0 Å². The van der Waals surface area contributed by atoms with Gasteiger partial charge in [0.25, 0.3) is 0 Å². The van der Waals surface area contributed by atoms with Crippen LogP contribution in [0.2, 0.25) is 0 Å². The summed E-state index contributed by atoms with van der Waals surface area (Å²) >= 11 is 6.30. The van der Waals surface area contributed by atoms with Crippen molar-refractivity contribution < 1.29 is 4.74 Å². The first-order valence-corrected chi connectivity index (χ1v) is 6.04. The first-order chi connectivity index (χ1) is 7.16. The standard InChI is InChI=1S/C13H17ClO/c1-9(2)15-11-7-6-10-4-3-5-13(14)12(10)8-11/h6-9,13H,3-5H2,1-2H3. The number of benzene rings is 1. The maximum Gasteiger partial charge on any atom is 0.120 e. The summed E-state index contributed by atoms with van der Waals surface area (Å²) < 4.78 is 5.67. The van der Waals surface area contributed by atoms with Gasteiger partial charge in [-0.1, -0.05) is 6.07 Å². The molecule has 1 aliphatic carbocycles. The second-order valence-corrected chi connectivity index (χ2v) is 4.91. The maximum atomic E-state index is 6.30. The summed E-state index contributed by atoms with van der Waals surface area (Å²) in [6, 6.07) is 6.31. The molecule has 1 aliphatic rings. The summed E-state index contributed by atoms with van der Waals surface area (Å²) in [7, 11) is 0. The van der Waals surface area contributed by atoms with Gasteiger partial charge >= 0.3 is 0 Å². The third-order valence-corrected chi connectivity index (χ3v) is 3.18. The van der Waals surface area contributed by atoms with Crippen molar-refractivity contribution in [3.05, 3.63) is 29.3 Å². The van der Waals surface area contributed by atoms with Gasteiger partial charge in [0.05, 0.1) is 11.5 Å². The molecule has 1 unspecified atom stereocenters. The van der Waals surface area contributed by atoms with Crippen LogP contribution < -0.4 is 4.74 Å². The van der Waals surface area contributed by atoms with E-state index in [0.29, 0.717) is 0 Å². The lowest BCUT2D eigenvalue weighted by Crippen LogP contribution is -2.09. The van der Waals surface area contributed by atoms with Gasteiger partial charge in [0.1, 0.15) is 5.75 Å². The van der Waals surface area contributed by atoms with Gasteiger partial charge in [-0.25, -0.2) is 0 Å². The predicted molar refractivity (Wildman–Crippen MR) is 63.7 cm³/mol. The summed E-state index contributed by atoms with van der Waals surface area (Å²) in [6.07, 6.45) is 3.66. The highest BCUT2D eigenvalue weighted by molar-refractivity contribution is 6.21. The van der Waals surface area contributed by atoms with Gasteiger partial charge in [0, 0.05) is 0 Å². The van der Waals surface area contributed by atoms with E-state index in [1.54, 1.807) is 0 Å². The van der Waals surface area contributed by atoms with Gasteiger partial charge in [-0.3, -0.25) is 0 Å². The Morgan fingerprint density at radius 1 is 1.40 bits per heavy atom. The van der Waals surface area contributed by atoms with Crippen molar-refractivity contribution in [1.82, 2.24) is 0 Å². The zero-order valence-corrected chi connectivity index (χ0v) is 10.1. The SMILES string of the molecule is CC(C)Oc1ccc2c(c1)C(Cl)CCC2. The predicted octanol–water partition coefficient (Wildman–Crippen LogP) is 4.09. The van der Waals surface area contributed by atoms with Crippen molar-refractivity contribution in [2.75, 3.05) is 0 Å². The highest BCUT2D eigenvalue weighted by atomic mass is 35.5. The number of fused-ring (bicyclic) bond motifs is 1. The molecule has 0 radical (unpaired) electrons. The van der Waals surface area contributed by atoms with Crippen molar-refractivity contribution >= 4 is 11.6 Å². The third kappa shape index (κ3) is 2.46. The Bertz CT molecular complexity index is 346. The van der Waals surface area contributed by atoms with Crippen LogP contribution in [0.5, 0.6) is 5.75 Å². The van der Waals surface area contributed by atoms with Crippen LogP contribution in [0, 0.1) is 0 Å². The molecule has 2 heteroatoms. The number of halogens is 1. The average Bonchev–Trinajstić information content (AvgIpc) is 2.18. The van der Waals surface area contributed by atoms with E-state index in [9.17, 15) is 0 Å². The van der Waals surface area contributed by atoms with E-state index in [1.807, 2.05) is 19.9 Å². The fourth-order valence-electron chi connectivity index (χ4n) is 2.06. The largest absolute Gasteiger partial charge is 0.491 e. The number of hydrogen-bond donors (Lipinski definition) is 0. The quantitative estimate of drug-likeness (QED) is 0.688. The minimum Gasteiger partial charge on any atom is -0.491 e. The molecule has 1 aromatic rings. The zero-order valence-electron chi connectivity index (χ0n) is 9.29. The number of ether oxygens (including phenoxy) is 1. The van der Waals surface area contributed by atoms with E-state index in [2.05, 4.69) is 12.1 Å². The molecule has 15 heavy (non-hydrogen) atoms. The van der Waals surface area contributed by atoms with E-state index in [-0.39, 0.29) is 11.5 Å². The lowest BCUT2D eigenvalue weighted by Gasteiger charge is -2.22. The molecule has 1 atom stereocenters. The zero-order chi connectivity index (χ0) is 10.8. The highest BCUT2D eigenvalue weighted by Crippen LogP contribution is 2.36. The van der Waals surface area contributed by atoms with Crippen LogP contribution in [0.4, 0.5) is 0 Å². The van der Waals surface area contributed by atoms with Gasteiger partial charge in [-0.15, -0.1) is 11.6 Å². The Balaban J connectivity index is 2.27. The van der Waals surface area contributed by atoms with Crippen molar-refractivity contribution in [3.63, 3.8) is 0 Å². The third-order valence-electron chi connectivity index (χ3n) is 2.73. The molecule has 2 rings (SSSR count). The van der Waals surface area contributed by atoms with Crippen LogP contribution in [0.15, 0.2) is 18.2 Å². The second-order valence-electron chi connectivity index (χ2n) is 4.39. The summed E-state index contributed by atoms with van der Waals surface area (Å²) in [5, 5.41) is 0.171. The van der Waals surface area contributed by atoms with Crippen LogP contribution in [-0.2, 0) is 6.42 Å². The second kappa shape index (κ2) is 4.44. The number of aryl methyl sites for hydroxylation is 1. The fraction of sp³-hybridized carbons (Fsp3) is 0.538. The molecular formula is C13H17ClO. The molecule has 0 bridgehead atoms. The Morgan fingerprint density at radius 2 is 2.20 bits per heavy atom. The number of hydrogen-bond acceptors (Lipinski definition) is 1. The summed E-state index contributed by atoms with van der Waals surface area (Å²) in [5.41, 5.74) is 2.65. The molecule has 0 N–H and O–H groups in total. The van der Waals surface area contributed by atoms with E-state index in [0.717, 1.165) is 18.6 Å². The normalized spacial score (nSPS) is 20.1. The van der Waals surface area contributed by atoms with Crippen molar-refractivity contribution in [2.24, 2.45) is 0 Å². The molecule has 1 aromatic carbocycles. The van der Waals surface area contributed by atoms with Gasteiger partial charge in [-0.05, 0) is 56.4 Å². The molecular weight excluding hydrogens is 208 g/mol. The lowest BCUT2D eigenvalue weighted by atomic mass is 9.91. The molecule has 0 fully saturated rings. The van der Waals surface area contributed by atoms with Gasteiger partial charge in [-0.2, -0.15) is 0 Å². The van der Waals surface area contributed by atoms with Crippen LogP contribution in [0.3, 0.4) is 0 Å². The Labute approximate surface area is 96.4 Å². The van der Waals surface area contributed by atoms with Crippen molar-refractivity contribution in [1.29, 1.82) is 0 Å². The molecule has 0 amide bonds. The van der Waals surface area contributed by atoms with E-state index >= 15 is 0 Å². The maximum absolute atomic E-state index is 6.30. The fourth-order valence-corrected chi connectivity index (χ4v) is 2.42. The van der Waals surface area contributed by atoms with Gasteiger partial charge in [0.15, 0.2) is 0 Å². The molecule has 0 heterocycles.